The molecule has 2 N–H and O–H groups in total. The Morgan fingerprint density at radius 3 is 2.91 bits per heavy atom. The van der Waals surface area contributed by atoms with Gasteiger partial charge in [-0.25, -0.2) is 9.78 Å². The van der Waals surface area contributed by atoms with Crippen molar-refractivity contribution >= 4 is 23.3 Å². The summed E-state index contributed by atoms with van der Waals surface area (Å²) in [7, 11) is 0. The number of carbonyl (C=O) groups excluding carboxylic acids is 2. The van der Waals surface area contributed by atoms with Crippen LogP contribution in [0.5, 0.6) is 0 Å². The first-order valence-corrected chi connectivity index (χ1v) is 10.5. The molecule has 1 saturated carbocycles. The summed E-state index contributed by atoms with van der Waals surface area (Å²) < 4.78 is 12.3. The van der Waals surface area contributed by atoms with E-state index in [1.54, 1.807) is 16.7 Å². The summed E-state index contributed by atoms with van der Waals surface area (Å²) in [6.07, 6.45) is 4.55. The Hall–Kier alpha value is -4.21. The van der Waals surface area contributed by atoms with E-state index in [9.17, 15) is 9.59 Å². The SMILES string of the molecule is Cc1ccc(-c2noc(CNC(=O)OC3(C)CC3)n2)cc1NC(=O)c1cnc2ccccn12. The molecule has 3 heterocycles. The molecule has 0 aliphatic heterocycles. The van der Waals surface area contributed by atoms with Gasteiger partial charge in [-0.15, -0.1) is 0 Å². The van der Waals surface area contributed by atoms with Crippen LogP contribution >= 0.6 is 0 Å². The van der Waals surface area contributed by atoms with Crippen LogP contribution in [0.15, 0.2) is 53.3 Å². The molecule has 1 aliphatic carbocycles. The van der Waals surface area contributed by atoms with Crippen LogP contribution in [-0.2, 0) is 11.3 Å². The first-order valence-electron chi connectivity index (χ1n) is 10.5. The van der Waals surface area contributed by atoms with E-state index in [1.807, 2.05) is 44.2 Å². The number of nitrogens with zero attached hydrogens (tertiary/aromatic N) is 4. The fourth-order valence-corrected chi connectivity index (χ4v) is 3.31. The number of carbonyl (C=O) groups is 2. The Bertz CT molecular complexity index is 1350. The van der Waals surface area contributed by atoms with Gasteiger partial charge >= 0.3 is 6.09 Å². The highest BCUT2D eigenvalue weighted by Crippen LogP contribution is 2.38. The molecule has 4 aromatic rings. The summed E-state index contributed by atoms with van der Waals surface area (Å²) >= 11 is 0. The van der Waals surface area contributed by atoms with Crippen molar-refractivity contribution in [2.45, 2.75) is 38.8 Å². The molecule has 168 valence electrons. The quantitative estimate of drug-likeness (QED) is 0.462. The summed E-state index contributed by atoms with van der Waals surface area (Å²) in [4.78, 5) is 33.3. The average molecular weight is 446 g/mol. The maximum absolute atomic E-state index is 12.9. The van der Waals surface area contributed by atoms with Crippen molar-refractivity contribution in [3.05, 3.63) is 65.9 Å². The van der Waals surface area contributed by atoms with E-state index in [-0.39, 0.29) is 23.9 Å². The first-order chi connectivity index (χ1) is 15.9. The predicted molar refractivity (Wildman–Crippen MR) is 119 cm³/mol. The number of alkyl carbamates (subject to hydrolysis) is 1. The zero-order valence-electron chi connectivity index (χ0n) is 18.2. The molecular weight excluding hydrogens is 424 g/mol. The zero-order valence-corrected chi connectivity index (χ0v) is 18.2. The number of fused-ring (bicyclic) bond motifs is 1. The molecule has 0 spiro atoms. The van der Waals surface area contributed by atoms with E-state index in [2.05, 4.69) is 25.8 Å². The summed E-state index contributed by atoms with van der Waals surface area (Å²) in [6, 6.07) is 11.0. The number of imidazole rings is 1. The number of anilines is 1. The highest BCUT2D eigenvalue weighted by molar-refractivity contribution is 6.04. The van der Waals surface area contributed by atoms with Crippen molar-refractivity contribution in [3.8, 4) is 11.4 Å². The Labute approximate surface area is 189 Å². The third kappa shape index (κ3) is 4.40. The van der Waals surface area contributed by atoms with E-state index < -0.39 is 6.09 Å². The lowest BCUT2D eigenvalue weighted by Gasteiger charge is -2.10. The molecule has 0 saturated heterocycles. The maximum atomic E-state index is 12.9. The summed E-state index contributed by atoms with van der Waals surface area (Å²) in [5.74, 6) is 0.314. The van der Waals surface area contributed by atoms with Gasteiger partial charge in [0.15, 0.2) is 0 Å². The fraction of sp³-hybridized carbons (Fsp3) is 0.261. The molecule has 1 aliphatic rings. The summed E-state index contributed by atoms with van der Waals surface area (Å²) in [5, 5.41) is 9.53. The number of rotatable bonds is 6. The van der Waals surface area contributed by atoms with Crippen molar-refractivity contribution in [3.63, 3.8) is 0 Å². The summed E-state index contributed by atoms with van der Waals surface area (Å²) in [6.45, 7) is 3.84. The molecule has 1 aromatic carbocycles. The van der Waals surface area contributed by atoms with Crippen LogP contribution in [0.25, 0.3) is 17.0 Å². The molecule has 2 amide bonds. The zero-order chi connectivity index (χ0) is 23.0. The van der Waals surface area contributed by atoms with Gasteiger partial charge in [0.05, 0.1) is 6.20 Å². The largest absolute Gasteiger partial charge is 0.443 e. The predicted octanol–water partition coefficient (Wildman–Crippen LogP) is 3.72. The lowest BCUT2D eigenvalue weighted by molar-refractivity contribution is 0.0920. The minimum Gasteiger partial charge on any atom is -0.443 e. The van der Waals surface area contributed by atoms with E-state index in [1.165, 1.54) is 6.20 Å². The van der Waals surface area contributed by atoms with Crippen LogP contribution in [0, 0.1) is 6.92 Å². The number of amides is 2. The number of benzene rings is 1. The van der Waals surface area contributed by atoms with Gasteiger partial charge in [-0.3, -0.25) is 9.20 Å². The number of aromatic nitrogens is 4. The van der Waals surface area contributed by atoms with E-state index >= 15 is 0 Å². The maximum Gasteiger partial charge on any atom is 0.408 e. The number of aryl methyl sites for hydroxylation is 1. The number of pyridine rings is 1. The van der Waals surface area contributed by atoms with Gasteiger partial charge in [-0.1, -0.05) is 23.4 Å². The van der Waals surface area contributed by atoms with Crippen LogP contribution < -0.4 is 10.6 Å². The summed E-state index contributed by atoms with van der Waals surface area (Å²) in [5.41, 5.74) is 2.93. The van der Waals surface area contributed by atoms with E-state index in [0.29, 0.717) is 28.4 Å². The van der Waals surface area contributed by atoms with Crippen LogP contribution in [0.4, 0.5) is 10.5 Å². The molecule has 0 radical (unpaired) electrons. The van der Waals surface area contributed by atoms with Gasteiger partial charge in [0.2, 0.25) is 11.7 Å². The smallest absolute Gasteiger partial charge is 0.408 e. The fourth-order valence-electron chi connectivity index (χ4n) is 3.31. The van der Waals surface area contributed by atoms with Crippen molar-refractivity contribution in [2.24, 2.45) is 0 Å². The van der Waals surface area contributed by atoms with E-state index in [4.69, 9.17) is 9.26 Å². The van der Waals surface area contributed by atoms with Crippen LogP contribution in [-0.4, -0.2) is 37.1 Å². The molecule has 33 heavy (non-hydrogen) atoms. The normalized spacial score (nSPS) is 14.1. The third-order valence-electron chi connectivity index (χ3n) is 5.54. The van der Waals surface area contributed by atoms with Gasteiger partial charge in [0.1, 0.15) is 23.5 Å². The lowest BCUT2D eigenvalue weighted by Crippen LogP contribution is -2.28. The monoisotopic (exact) mass is 446 g/mol. The van der Waals surface area contributed by atoms with Crippen molar-refractivity contribution in [1.82, 2.24) is 24.8 Å². The molecule has 0 atom stereocenters. The highest BCUT2D eigenvalue weighted by Gasteiger charge is 2.41. The molecule has 3 aromatic heterocycles. The first kappa shape index (κ1) is 20.7. The van der Waals surface area contributed by atoms with Gasteiger partial charge < -0.3 is 19.9 Å². The van der Waals surface area contributed by atoms with Gasteiger partial charge in [-0.05, 0) is 50.5 Å². The van der Waals surface area contributed by atoms with Gasteiger partial charge in [0, 0.05) is 17.4 Å². The molecule has 0 bridgehead atoms. The van der Waals surface area contributed by atoms with Crippen molar-refractivity contribution in [1.29, 1.82) is 0 Å². The van der Waals surface area contributed by atoms with Crippen molar-refractivity contribution in [2.75, 3.05) is 5.32 Å². The lowest BCUT2D eigenvalue weighted by atomic mass is 10.1. The molecule has 0 unspecified atom stereocenters. The Morgan fingerprint density at radius 1 is 1.24 bits per heavy atom. The molecular formula is C23H22N6O4. The average Bonchev–Trinajstić information content (AvgIpc) is 3.19. The molecule has 10 nitrogen and oxygen atoms in total. The number of nitrogens with one attached hydrogen (secondary N) is 2. The second kappa shape index (κ2) is 8.05. The standard InChI is InChI=1S/C23H22N6O4/c1-14-6-7-15(20-27-19(33-28-20)13-25-22(31)32-23(2)8-9-23)11-16(14)26-21(30)17-12-24-18-5-3-4-10-29(17)18/h3-7,10-12H,8-9,13H2,1-2H3,(H,25,31)(H,26,30). The van der Waals surface area contributed by atoms with Crippen LogP contribution in [0.3, 0.4) is 0 Å². The number of hydrogen-bond donors (Lipinski definition) is 2. The number of ether oxygens (including phenoxy) is 1. The van der Waals surface area contributed by atoms with Crippen LogP contribution in [0.1, 0.15) is 41.7 Å². The number of hydrogen-bond acceptors (Lipinski definition) is 7. The Morgan fingerprint density at radius 2 is 2.09 bits per heavy atom. The van der Waals surface area contributed by atoms with Crippen molar-refractivity contribution < 1.29 is 18.8 Å². The minimum absolute atomic E-state index is 0.0612. The van der Waals surface area contributed by atoms with Gasteiger partial charge in [0.25, 0.3) is 5.91 Å². The highest BCUT2D eigenvalue weighted by atomic mass is 16.6. The molecule has 10 heteroatoms. The van der Waals surface area contributed by atoms with E-state index in [0.717, 1.165) is 18.4 Å². The second-order valence-corrected chi connectivity index (χ2v) is 8.26. The third-order valence-corrected chi connectivity index (χ3v) is 5.54. The molecule has 1 fully saturated rings. The second-order valence-electron chi connectivity index (χ2n) is 8.26. The Kier molecular flexibility index (Phi) is 5.04. The van der Waals surface area contributed by atoms with Crippen LogP contribution in [0.2, 0.25) is 0 Å². The topological polar surface area (TPSA) is 124 Å². The minimum atomic E-state index is -0.512. The van der Waals surface area contributed by atoms with Gasteiger partial charge in [-0.2, -0.15) is 4.98 Å². The Balaban J connectivity index is 1.28. The molecule has 5 rings (SSSR count).